The summed E-state index contributed by atoms with van der Waals surface area (Å²) in [6.45, 7) is 3.87. The number of phosphoric acid groups is 1. The maximum absolute atomic E-state index is 12.7. The van der Waals surface area contributed by atoms with Gasteiger partial charge in [-0.2, -0.15) is 0 Å². The Labute approximate surface area is 381 Å². The van der Waals surface area contributed by atoms with E-state index in [2.05, 4.69) is 98.9 Å². The summed E-state index contributed by atoms with van der Waals surface area (Å²) in [5.74, 6) is -1.03. The predicted molar refractivity (Wildman–Crippen MR) is 262 cm³/mol. The zero-order chi connectivity index (χ0) is 46.5. The zero-order valence-corrected chi connectivity index (χ0v) is 40.0. The van der Waals surface area contributed by atoms with Crippen molar-refractivity contribution in [1.29, 1.82) is 0 Å². The van der Waals surface area contributed by atoms with Gasteiger partial charge in [-0.05, 0) is 83.5 Å². The number of ether oxygens (including phenoxy) is 2. The molecule has 0 saturated heterocycles. The highest BCUT2D eigenvalue weighted by Crippen LogP contribution is 2.43. The monoisotopic (exact) mass is 895 g/mol. The van der Waals surface area contributed by atoms with Crippen molar-refractivity contribution in [2.24, 2.45) is 0 Å². The lowest BCUT2D eigenvalue weighted by Gasteiger charge is -2.24. The number of nitrogens with zero attached hydrogens (tertiary/aromatic N) is 1. The summed E-state index contributed by atoms with van der Waals surface area (Å²) in [4.78, 5) is 35.4. The molecule has 0 heterocycles. The molecule has 0 bridgehead atoms. The van der Waals surface area contributed by atoms with Crippen LogP contribution in [0.5, 0.6) is 0 Å². The molecule has 2 N–H and O–H groups in total. The molecule has 0 aromatic heterocycles. The van der Waals surface area contributed by atoms with E-state index in [0.29, 0.717) is 30.3 Å². The van der Waals surface area contributed by atoms with E-state index in [-0.39, 0.29) is 26.1 Å². The molecule has 0 aromatic carbocycles. The lowest BCUT2D eigenvalue weighted by Crippen LogP contribution is -2.37. The second kappa shape index (κ2) is 41.8. The lowest BCUT2D eigenvalue weighted by atomic mass is 10.2. The summed E-state index contributed by atoms with van der Waals surface area (Å²) in [5.41, 5.74) is 0. The van der Waals surface area contributed by atoms with Crippen molar-refractivity contribution < 1.29 is 47.2 Å². The molecule has 0 aliphatic carbocycles. The number of rotatable bonds is 38. The van der Waals surface area contributed by atoms with Crippen LogP contribution in [0.15, 0.2) is 146 Å². The molecule has 0 radical (unpaired) electrons. The number of allylic oxidation sites excluding steroid dienone is 22. The fraction of sp³-hybridized carbons (Fsp3) is 0.500. The van der Waals surface area contributed by atoms with E-state index < -0.39 is 38.6 Å². The van der Waals surface area contributed by atoms with Gasteiger partial charge in [0.1, 0.15) is 19.8 Å². The summed E-state index contributed by atoms with van der Waals surface area (Å²) < 4.78 is 34.1. The van der Waals surface area contributed by atoms with Crippen LogP contribution in [-0.4, -0.2) is 86.1 Å². The number of hydrogen-bond donors (Lipinski definition) is 2. The Bertz CT molecular complexity index is 1590. The van der Waals surface area contributed by atoms with Crippen LogP contribution in [-0.2, 0) is 32.7 Å². The molecular weight excluding hydrogens is 814 g/mol. The zero-order valence-electron chi connectivity index (χ0n) is 39.1. The summed E-state index contributed by atoms with van der Waals surface area (Å²) in [5, 5.41) is 9.85. The van der Waals surface area contributed by atoms with E-state index in [4.69, 9.17) is 18.5 Å². The van der Waals surface area contributed by atoms with E-state index in [0.717, 1.165) is 64.2 Å². The van der Waals surface area contributed by atoms with Gasteiger partial charge in [-0.3, -0.25) is 18.6 Å². The third-order valence-corrected chi connectivity index (χ3v) is 9.46. The topological polar surface area (TPSA) is 129 Å². The SMILES string of the molecule is CC/C=C\C/C=C\C/C=C\C/C=C\C/C=C\C/C=C\CCC(=O)O[C@H](COC(=O)CC/C=C\C/C=C\C/C=C\C/C=C/C=C/C(O)C/C=C\CC)COP(=O)(O)OCC[N+](C)(C)C. The average molecular weight is 895 g/mol. The first-order valence-corrected chi connectivity index (χ1v) is 24.2. The normalized spacial score (nSPS) is 15.3. The van der Waals surface area contributed by atoms with Crippen LogP contribution in [0.4, 0.5) is 0 Å². The predicted octanol–water partition coefficient (Wildman–Crippen LogP) is 12.2. The van der Waals surface area contributed by atoms with Gasteiger partial charge in [0.15, 0.2) is 6.10 Å². The molecule has 0 aliphatic rings. The van der Waals surface area contributed by atoms with Gasteiger partial charge in [0.2, 0.25) is 0 Å². The molecule has 0 spiro atoms. The van der Waals surface area contributed by atoms with Crippen LogP contribution < -0.4 is 0 Å². The number of aliphatic hydroxyl groups excluding tert-OH is 1. The average Bonchev–Trinajstić information content (AvgIpc) is 3.23. The first-order chi connectivity index (χ1) is 30.4. The van der Waals surface area contributed by atoms with E-state index >= 15 is 0 Å². The van der Waals surface area contributed by atoms with Gasteiger partial charge in [-0.1, -0.05) is 160 Å². The molecule has 0 saturated carbocycles. The van der Waals surface area contributed by atoms with Gasteiger partial charge in [0.25, 0.3) is 0 Å². The first kappa shape index (κ1) is 58.9. The molecule has 2 unspecified atom stereocenters. The highest BCUT2D eigenvalue weighted by atomic mass is 31.2. The Morgan fingerprint density at radius 1 is 0.556 bits per heavy atom. The maximum atomic E-state index is 12.7. The van der Waals surface area contributed by atoms with Gasteiger partial charge in [0, 0.05) is 12.8 Å². The number of phosphoric ester groups is 1. The van der Waals surface area contributed by atoms with Crippen molar-refractivity contribution >= 4 is 19.8 Å². The molecule has 3 atom stereocenters. The number of likely N-dealkylation sites (N-methyl/N-ethyl adjacent to an activating group) is 1. The minimum atomic E-state index is -4.43. The molecule has 10 nitrogen and oxygen atoms in total. The third-order valence-electron chi connectivity index (χ3n) is 8.47. The second-order valence-electron chi connectivity index (χ2n) is 15.5. The number of quaternary nitrogens is 1. The van der Waals surface area contributed by atoms with Crippen molar-refractivity contribution in [3.8, 4) is 0 Å². The van der Waals surface area contributed by atoms with E-state index in [1.165, 1.54) is 0 Å². The van der Waals surface area contributed by atoms with Gasteiger partial charge in [-0.25, -0.2) is 4.57 Å². The molecule has 0 rings (SSSR count). The third kappa shape index (κ3) is 45.7. The first-order valence-electron chi connectivity index (χ1n) is 22.7. The van der Waals surface area contributed by atoms with Crippen molar-refractivity contribution in [3.63, 3.8) is 0 Å². The number of carbonyl (C=O) groups is 2. The Hall–Kier alpha value is -4.15. The van der Waals surface area contributed by atoms with Crippen LogP contribution in [0.25, 0.3) is 0 Å². The van der Waals surface area contributed by atoms with Crippen molar-refractivity contribution in [2.45, 2.75) is 122 Å². The van der Waals surface area contributed by atoms with E-state index in [9.17, 15) is 24.2 Å². The lowest BCUT2D eigenvalue weighted by molar-refractivity contribution is -0.870. The minimum absolute atomic E-state index is 0.00924. The molecular formula is C52H81NO9P+. The number of aliphatic hydroxyl groups is 1. The molecule has 11 heteroatoms. The number of carbonyl (C=O) groups excluding carboxylic acids is 2. The molecule has 0 amide bonds. The van der Waals surface area contributed by atoms with Crippen molar-refractivity contribution in [1.82, 2.24) is 0 Å². The second-order valence-corrected chi connectivity index (χ2v) is 17.0. The smallest absolute Gasteiger partial charge is 0.462 e. The fourth-order valence-electron chi connectivity index (χ4n) is 4.97. The number of esters is 2. The van der Waals surface area contributed by atoms with Crippen LogP contribution in [0.2, 0.25) is 0 Å². The van der Waals surface area contributed by atoms with Gasteiger partial charge in [-0.15, -0.1) is 0 Å². The quantitative estimate of drug-likeness (QED) is 0.0205. The molecule has 0 aliphatic heterocycles. The largest absolute Gasteiger partial charge is 0.472 e. The molecule has 0 fully saturated rings. The Morgan fingerprint density at radius 3 is 1.46 bits per heavy atom. The van der Waals surface area contributed by atoms with Gasteiger partial charge in [0.05, 0.1) is 33.9 Å². The van der Waals surface area contributed by atoms with Gasteiger partial charge >= 0.3 is 19.8 Å². The summed E-state index contributed by atoms with van der Waals surface area (Å²) >= 11 is 0. The molecule has 63 heavy (non-hydrogen) atoms. The Morgan fingerprint density at radius 2 is 0.984 bits per heavy atom. The summed E-state index contributed by atoms with van der Waals surface area (Å²) in [6.07, 6.45) is 58.3. The molecule has 0 aromatic rings. The Balaban J connectivity index is 4.65. The number of hydrogen-bond acceptors (Lipinski definition) is 8. The fourth-order valence-corrected chi connectivity index (χ4v) is 5.71. The van der Waals surface area contributed by atoms with Crippen LogP contribution in [0.3, 0.4) is 0 Å². The van der Waals surface area contributed by atoms with E-state index in [1.54, 1.807) is 6.08 Å². The maximum Gasteiger partial charge on any atom is 0.472 e. The highest BCUT2D eigenvalue weighted by Gasteiger charge is 2.27. The van der Waals surface area contributed by atoms with Crippen molar-refractivity contribution in [2.75, 3.05) is 47.5 Å². The highest BCUT2D eigenvalue weighted by molar-refractivity contribution is 7.47. The Kier molecular flexibility index (Phi) is 39.1. The summed E-state index contributed by atoms with van der Waals surface area (Å²) in [6, 6.07) is 0. The molecule has 352 valence electrons. The van der Waals surface area contributed by atoms with Crippen LogP contribution in [0.1, 0.15) is 110 Å². The standard InChI is InChI=1S/C52H80NO9P/c1-6-8-10-11-12-13-14-15-16-17-18-19-20-23-27-30-33-36-40-44-52(56)62-50(48-61-63(57,58)60-46-45-53(3,4)5)47-59-51(55)43-39-35-32-29-26-24-21-22-25-28-31-34-38-42-49(54)41-37-9-7-2/h8-10,12-13,15-16,18-19,22-27,31-38,42,49-50,54H,6-7,11,14,17,20-21,28-30,39-41,43-48H2,1-5H3/p+1/b10-8-,13-12-,16-15-,19-18-,25-22-,26-24-,27-23-,34-31+,35-32-,36-33-,37-9-,42-38+/t49?,50-/m1/s1. The minimum Gasteiger partial charge on any atom is -0.462 e. The van der Waals surface area contributed by atoms with Gasteiger partial charge < -0.3 is 24.0 Å². The van der Waals surface area contributed by atoms with E-state index in [1.807, 2.05) is 75.8 Å². The van der Waals surface area contributed by atoms with Crippen LogP contribution in [0, 0.1) is 0 Å². The van der Waals surface area contributed by atoms with Crippen molar-refractivity contribution in [3.05, 3.63) is 146 Å². The van der Waals surface area contributed by atoms with Crippen LogP contribution >= 0.6 is 7.82 Å². The summed E-state index contributed by atoms with van der Waals surface area (Å²) in [7, 11) is 1.34.